The number of rotatable bonds is 9. The third-order valence-electron chi connectivity index (χ3n) is 2.40. The summed E-state index contributed by atoms with van der Waals surface area (Å²) in [6.45, 7) is 7.64. The SMILES string of the molecule is C=C(C)C(=O)OCCCC(O)CCCCC.O=P(O)(O)O. The van der Waals surface area contributed by atoms with Crippen molar-refractivity contribution in [2.75, 3.05) is 6.61 Å². The van der Waals surface area contributed by atoms with E-state index in [0.717, 1.165) is 12.8 Å². The second kappa shape index (κ2) is 13.0. The lowest BCUT2D eigenvalue weighted by molar-refractivity contribution is -0.139. The summed E-state index contributed by atoms with van der Waals surface area (Å²) in [5, 5.41) is 9.59. The van der Waals surface area contributed by atoms with Gasteiger partial charge in [-0.05, 0) is 26.2 Å². The third kappa shape index (κ3) is 24.7. The highest BCUT2D eigenvalue weighted by Crippen LogP contribution is 2.25. The Morgan fingerprint density at radius 2 is 1.67 bits per heavy atom. The van der Waals surface area contributed by atoms with E-state index in [9.17, 15) is 9.90 Å². The summed E-state index contributed by atoms with van der Waals surface area (Å²) in [5.74, 6) is -0.347. The third-order valence-corrected chi connectivity index (χ3v) is 2.40. The quantitative estimate of drug-likeness (QED) is 0.221. The van der Waals surface area contributed by atoms with Crippen LogP contribution in [-0.2, 0) is 14.1 Å². The second-order valence-corrected chi connectivity index (χ2v) is 5.75. The van der Waals surface area contributed by atoms with E-state index in [1.54, 1.807) is 6.92 Å². The van der Waals surface area contributed by atoms with Gasteiger partial charge in [0, 0.05) is 5.57 Å². The number of unbranched alkanes of at least 4 members (excludes halogenated alkanes) is 2. The number of ether oxygens (including phenoxy) is 1. The number of hydrogen-bond acceptors (Lipinski definition) is 4. The smallest absolute Gasteiger partial charge is 0.462 e. The largest absolute Gasteiger partial charge is 0.466 e. The van der Waals surface area contributed by atoms with Crippen molar-refractivity contribution in [1.29, 1.82) is 0 Å². The molecule has 0 aliphatic rings. The standard InChI is InChI=1S/C13H24O3.H3O4P/c1-4-5-6-8-12(14)9-7-10-16-13(15)11(2)3;1-5(2,3)4/h12,14H,2,4-10H2,1,3H3;(H3,1,2,3,4). The van der Waals surface area contributed by atoms with Crippen molar-refractivity contribution in [2.45, 2.75) is 58.5 Å². The summed E-state index contributed by atoms with van der Waals surface area (Å²) in [6, 6.07) is 0. The van der Waals surface area contributed by atoms with Gasteiger partial charge in [-0.15, -0.1) is 0 Å². The van der Waals surface area contributed by atoms with Crippen LogP contribution in [0.25, 0.3) is 0 Å². The number of aliphatic hydroxyl groups is 1. The van der Waals surface area contributed by atoms with Crippen LogP contribution < -0.4 is 0 Å². The molecular formula is C13H27O7P. The van der Waals surface area contributed by atoms with E-state index in [4.69, 9.17) is 24.0 Å². The van der Waals surface area contributed by atoms with Crippen molar-refractivity contribution in [2.24, 2.45) is 0 Å². The highest BCUT2D eigenvalue weighted by atomic mass is 31.2. The molecule has 0 spiro atoms. The van der Waals surface area contributed by atoms with Gasteiger partial charge in [0.25, 0.3) is 0 Å². The predicted octanol–water partition coefficient (Wildman–Crippen LogP) is 1.90. The maximum atomic E-state index is 11.0. The minimum Gasteiger partial charge on any atom is -0.462 e. The zero-order chi connectivity index (χ0) is 16.9. The van der Waals surface area contributed by atoms with Crippen LogP contribution in [0.4, 0.5) is 0 Å². The molecule has 0 aromatic carbocycles. The molecule has 126 valence electrons. The van der Waals surface area contributed by atoms with Crippen LogP contribution in [0.3, 0.4) is 0 Å². The van der Waals surface area contributed by atoms with Crippen molar-refractivity contribution >= 4 is 13.8 Å². The summed E-state index contributed by atoms with van der Waals surface area (Å²) in [7, 11) is -4.64. The van der Waals surface area contributed by atoms with Crippen LogP contribution in [0.5, 0.6) is 0 Å². The molecule has 1 atom stereocenters. The van der Waals surface area contributed by atoms with Crippen LogP contribution in [0.2, 0.25) is 0 Å². The number of carbonyl (C=O) groups excluding carboxylic acids is 1. The fourth-order valence-electron chi connectivity index (χ4n) is 1.38. The molecule has 0 rings (SSSR count). The summed E-state index contributed by atoms with van der Waals surface area (Å²) in [5.41, 5.74) is 0.420. The van der Waals surface area contributed by atoms with E-state index in [-0.39, 0.29) is 12.1 Å². The van der Waals surface area contributed by atoms with Gasteiger partial charge in [0.2, 0.25) is 0 Å². The first-order chi connectivity index (χ1) is 9.57. The van der Waals surface area contributed by atoms with Gasteiger partial charge >= 0.3 is 13.8 Å². The van der Waals surface area contributed by atoms with E-state index < -0.39 is 7.82 Å². The molecule has 0 aromatic rings. The average Bonchev–Trinajstić information content (AvgIpc) is 2.32. The van der Waals surface area contributed by atoms with Gasteiger partial charge < -0.3 is 24.5 Å². The topological polar surface area (TPSA) is 124 Å². The maximum Gasteiger partial charge on any atom is 0.466 e. The molecule has 0 saturated heterocycles. The molecule has 7 nitrogen and oxygen atoms in total. The molecule has 0 radical (unpaired) electrons. The molecule has 0 saturated carbocycles. The van der Waals surface area contributed by atoms with Crippen molar-refractivity contribution < 1.29 is 33.9 Å². The lowest BCUT2D eigenvalue weighted by Gasteiger charge is -2.10. The Kier molecular flexibility index (Phi) is 13.9. The van der Waals surface area contributed by atoms with Crippen LogP contribution in [-0.4, -0.2) is 38.5 Å². The van der Waals surface area contributed by atoms with Crippen LogP contribution in [0.1, 0.15) is 52.4 Å². The Bertz CT molecular complexity index is 329. The zero-order valence-corrected chi connectivity index (χ0v) is 13.6. The van der Waals surface area contributed by atoms with Crippen molar-refractivity contribution in [3.8, 4) is 0 Å². The monoisotopic (exact) mass is 326 g/mol. The molecule has 0 heterocycles. The number of aliphatic hydroxyl groups excluding tert-OH is 1. The Balaban J connectivity index is 0. The summed E-state index contributed by atoms with van der Waals surface area (Å²) in [4.78, 5) is 32.6. The van der Waals surface area contributed by atoms with E-state index in [1.807, 2.05) is 0 Å². The molecule has 0 aromatic heterocycles. The molecular weight excluding hydrogens is 299 g/mol. The highest BCUT2D eigenvalue weighted by Gasteiger charge is 2.06. The Hall–Kier alpha value is -0.720. The van der Waals surface area contributed by atoms with Gasteiger partial charge in [-0.25, -0.2) is 9.36 Å². The minimum atomic E-state index is -4.64. The summed E-state index contributed by atoms with van der Waals surface area (Å²) in [6.07, 6.45) is 5.42. The zero-order valence-electron chi connectivity index (χ0n) is 12.7. The first-order valence-electron chi connectivity index (χ1n) is 6.86. The number of hydrogen-bond donors (Lipinski definition) is 4. The van der Waals surface area contributed by atoms with Crippen LogP contribution >= 0.6 is 7.82 Å². The summed E-state index contributed by atoms with van der Waals surface area (Å²) >= 11 is 0. The van der Waals surface area contributed by atoms with E-state index in [1.165, 1.54) is 12.8 Å². The second-order valence-electron chi connectivity index (χ2n) is 4.72. The fourth-order valence-corrected chi connectivity index (χ4v) is 1.38. The highest BCUT2D eigenvalue weighted by molar-refractivity contribution is 7.45. The van der Waals surface area contributed by atoms with Crippen molar-refractivity contribution in [1.82, 2.24) is 0 Å². The molecule has 0 aliphatic carbocycles. The van der Waals surface area contributed by atoms with Gasteiger partial charge in [0.1, 0.15) is 0 Å². The molecule has 0 bridgehead atoms. The van der Waals surface area contributed by atoms with Gasteiger partial charge in [-0.2, -0.15) is 0 Å². The number of esters is 1. The predicted molar refractivity (Wildman–Crippen MR) is 79.4 cm³/mol. The number of carbonyl (C=O) groups is 1. The van der Waals surface area contributed by atoms with E-state index in [2.05, 4.69) is 13.5 Å². The maximum absolute atomic E-state index is 11.0. The van der Waals surface area contributed by atoms with Crippen LogP contribution in [0.15, 0.2) is 12.2 Å². The Morgan fingerprint density at radius 3 is 2.10 bits per heavy atom. The lowest BCUT2D eigenvalue weighted by Crippen LogP contribution is -2.10. The normalized spacial score (nSPS) is 12.1. The van der Waals surface area contributed by atoms with Gasteiger partial charge in [0.15, 0.2) is 0 Å². The minimum absolute atomic E-state index is 0.255. The Morgan fingerprint density at radius 1 is 1.19 bits per heavy atom. The number of phosphoric acid groups is 1. The molecule has 8 heteroatoms. The molecule has 0 aliphatic heterocycles. The van der Waals surface area contributed by atoms with Gasteiger partial charge in [-0.1, -0.05) is 32.8 Å². The van der Waals surface area contributed by atoms with Crippen LogP contribution in [0, 0.1) is 0 Å². The van der Waals surface area contributed by atoms with Crippen molar-refractivity contribution in [3.05, 3.63) is 12.2 Å². The molecule has 21 heavy (non-hydrogen) atoms. The Labute approximate surface area is 125 Å². The first-order valence-corrected chi connectivity index (χ1v) is 8.43. The van der Waals surface area contributed by atoms with E-state index in [0.29, 0.717) is 25.0 Å². The van der Waals surface area contributed by atoms with Gasteiger partial charge in [-0.3, -0.25) is 0 Å². The summed E-state index contributed by atoms with van der Waals surface area (Å²) < 4.78 is 13.8. The fraction of sp³-hybridized carbons (Fsp3) is 0.769. The lowest BCUT2D eigenvalue weighted by atomic mass is 10.1. The molecule has 4 N–H and O–H groups in total. The average molecular weight is 326 g/mol. The van der Waals surface area contributed by atoms with E-state index >= 15 is 0 Å². The molecule has 0 amide bonds. The molecule has 1 unspecified atom stereocenters. The first kappa shape index (κ1) is 22.6. The molecule has 0 fully saturated rings. The van der Waals surface area contributed by atoms with Crippen molar-refractivity contribution in [3.63, 3.8) is 0 Å². The van der Waals surface area contributed by atoms with Gasteiger partial charge in [0.05, 0.1) is 12.7 Å².